The average molecular weight is 261 g/mol. The maximum absolute atomic E-state index is 12.1. The Bertz CT molecular complexity index is 353. The molecule has 1 aromatic carbocycles. The number of nitrogens with zero attached hydrogens (tertiary/aromatic N) is 1. The summed E-state index contributed by atoms with van der Waals surface area (Å²) in [5, 5.41) is 10.1. The van der Waals surface area contributed by atoms with Gasteiger partial charge in [-0.1, -0.05) is 30.3 Å². The van der Waals surface area contributed by atoms with E-state index in [1.807, 2.05) is 6.07 Å². The summed E-state index contributed by atoms with van der Waals surface area (Å²) in [7, 11) is 1.59. The lowest BCUT2D eigenvalue weighted by atomic mass is 10.0. The highest BCUT2D eigenvalue weighted by Crippen LogP contribution is 2.23. The number of halogens is 3. The third-order valence-electron chi connectivity index (χ3n) is 3.04. The van der Waals surface area contributed by atoms with E-state index in [2.05, 4.69) is 0 Å². The lowest BCUT2D eigenvalue weighted by molar-refractivity contribution is -0.139. The summed E-state index contributed by atoms with van der Waals surface area (Å²) in [4.78, 5) is 1.52. The highest BCUT2D eigenvalue weighted by molar-refractivity contribution is 5.18. The zero-order valence-corrected chi connectivity index (χ0v) is 10.5. The number of aliphatic hydroxyl groups is 1. The average Bonchev–Trinajstić information content (AvgIpc) is 2.34. The zero-order chi connectivity index (χ0) is 13.8. The lowest BCUT2D eigenvalue weighted by Gasteiger charge is -2.29. The van der Waals surface area contributed by atoms with Crippen LogP contribution in [0.2, 0.25) is 0 Å². The molecule has 0 fully saturated rings. The fourth-order valence-corrected chi connectivity index (χ4v) is 1.68. The van der Waals surface area contributed by atoms with Crippen LogP contribution in [0.15, 0.2) is 30.3 Å². The maximum Gasteiger partial charge on any atom is 0.390 e. The van der Waals surface area contributed by atoms with Gasteiger partial charge in [0.25, 0.3) is 0 Å². The van der Waals surface area contributed by atoms with Gasteiger partial charge < -0.3 is 10.0 Å². The van der Waals surface area contributed by atoms with Crippen LogP contribution in [0.1, 0.15) is 25.0 Å². The van der Waals surface area contributed by atoms with Crippen molar-refractivity contribution in [2.45, 2.75) is 31.7 Å². The van der Waals surface area contributed by atoms with Crippen molar-refractivity contribution < 1.29 is 18.3 Å². The second-order valence-electron chi connectivity index (χ2n) is 4.44. The van der Waals surface area contributed by atoms with E-state index in [9.17, 15) is 18.3 Å². The molecule has 1 rings (SSSR count). The van der Waals surface area contributed by atoms with Crippen LogP contribution >= 0.6 is 0 Å². The van der Waals surface area contributed by atoms with E-state index in [4.69, 9.17) is 0 Å². The molecule has 0 spiro atoms. The molecule has 0 saturated heterocycles. The van der Waals surface area contributed by atoms with Crippen molar-refractivity contribution in [1.82, 2.24) is 4.90 Å². The second kappa shape index (κ2) is 6.20. The fourth-order valence-electron chi connectivity index (χ4n) is 1.68. The summed E-state index contributed by atoms with van der Waals surface area (Å²) in [6, 6.07) is 8.57. The molecule has 0 amide bonds. The third kappa shape index (κ3) is 4.66. The Kier molecular flexibility index (Phi) is 5.16. The van der Waals surface area contributed by atoms with E-state index in [1.54, 1.807) is 38.2 Å². The maximum atomic E-state index is 12.1. The molecule has 2 nitrogen and oxygen atoms in total. The van der Waals surface area contributed by atoms with Crippen molar-refractivity contribution in [2.75, 3.05) is 13.6 Å². The van der Waals surface area contributed by atoms with Crippen LogP contribution in [0.3, 0.4) is 0 Å². The van der Waals surface area contributed by atoms with Crippen LogP contribution in [0.4, 0.5) is 13.2 Å². The molecule has 0 aromatic heterocycles. The highest BCUT2D eigenvalue weighted by atomic mass is 19.4. The summed E-state index contributed by atoms with van der Waals surface area (Å²) in [6.07, 6.45) is -5.81. The Morgan fingerprint density at radius 1 is 1.22 bits per heavy atom. The van der Waals surface area contributed by atoms with E-state index in [0.717, 1.165) is 0 Å². The smallest absolute Gasteiger partial charge is 0.387 e. The largest absolute Gasteiger partial charge is 0.390 e. The molecule has 2 unspecified atom stereocenters. The number of alkyl halides is 3. The Hall–Kier alpha value is -1.07. The first-order valence-corrected chi connectivity index (χ1v) is 5.81. The van der Waals surface area contributed by atoms with Gasteiger partial charge in [0.15, 0.2) is 0 Å². The Morgan fingerprint density at radius 2 is 1.78 bits per heavy atom. The first-order valence-electron chi connectivity index (χ1n) is 5.81. The summed E-state index contributed by atoms with van der Waals surface area (Å²) in [6.45, 7) is 1.60. The van der Waals surface area contributed by atoms with E-state index >= 15 is 0 Å². The molecule has 102 valence electrons. The molecule has 0 aliphatic rings. The first kappa shape index (κ1) is 15.0. The zero-order valence-electron chi connectivity index (χ0n) is 10.5. The third-order valence-corrected chi connectivity index (χ3v) is 3.04. The predicted molar refractivity (Wildman–Crippen MR) is 64.2 cm³/mol. The van der Waals surface area contributed by atoms with Gasteiger partial charge in [0, 0.05) is 12.6 Å². The second-order valence-corrected chi connectivity index (χ2v) is 4.44. The lowest BCUT2D eigenvalue weighted by Crippen LogP contribution is -2.36. The first-order chi connectivity index (χ1) is 8.31. The summed E-state index contributed by atoms with van der Waals surface area (Å²) in [5.41, 5.74) is 0.712. The van der Waals surface area contributed by atoms with Crippen molar-refractivity contribution in [2.24, 2.45) is 0 Å². The normalized spacial score (nSPS) is 15.7. The molecule has 18 heavy (non-hydrogen) atoms. The molecule has 1 N–H and O–H groups in total. The number of likely N-dealkylation sites (N-methyl/N-ethyl adjacent to an activating group) is 1. The summed E-state index contributed by atoms with van der Waals surface area (Å²) < 4.78 is 36.3. The Labute approximate surface area is 105 Å². The van der Waals surface area contributed by atoms with Gasteiger partial charge in [-0.25, -0.2) is 0 Å². The molecule has 0 saturated carbocycles. The van der Waals surface area contributed by atoms with Gasteiger partial charge in [0.05, 0.1) is 12.5 Å². The topological polar surface area (TPSA) is 23.5 Å². The predicted octanol–water partition coefficient (Wildman–Crippen LogP) is 2.99. The summed E-state index contributed by atoms with van der Waals surface area (Å²) in [5.74, 6) is 0. The van der Waals surface area contributed by atoms with Crippen LogP contribution in [-0.4, -0.2) is 35.8 Å². The van der Waals surface area contributed by atoms with Crippen LogP contribution in [0, 0.1) is 0 Å². The Balaban J connectivity index is 2.56. The van der Waals surface area contributed by atoms with Crippen molar-refractivity contribution in [3.8, 4) is 0 Å². The quantitative estimate of drug-likeness (QED) is 0.880. The highest BCUT2D eigenvalue weighted by Gasteiger charge is 2.29. The molecular formula is C13H18F3NO. The molecule has 0 radical (unpaired) electrons. The molecule has 0 aliphatic carbocycles. The molecule has 0 aliphatic heterocycles. The van der Waals surface area contributed by atoms with Crippen molar-refractivity contribution in [3.05, 3.63) is 35.9 Å². The van der Waals surface area contributed by atoms with E-state index < -0.39 is 18.7 Å². The molecule has 5 heteroatoms. The number of hydrogen-bond acceptors (Lipinski definition) is 2. The van der Waals surface area contributed by atoms with Gasteiger partial charge in [-0.2, -0.15) is 13.2 Å². The number of rotatable bonds is 5. The SMILES string of the molecule is CC(C(O)c1ccccc1)N(C)CCC(F)(F)F. The number of benzene rings is 1. The van der Waals surface area contributed by atoms with Gasteiger partial charge in [-0.05, 0) is 19.5 Å². The van der Waals surface area contributed by atoms with Crippen LogP contribution in [-0.2, 0) is 0 Å². The van der Waals surface area contributed by atoms with Crippen molar-refractivity contribution in [3.63, 3.8) is 0 Å². The minimum absolute atomic E-state index is 0.117. The van der Waals surface area contributed by atoms with Gasteiger partial charge in [0.2, 0.25) is 0 Å². The van der Waals surface area contributed by atoms with Gasteiger partial charge >= 0.3 is 6.18 Å². The minimum atomic E-state index is -4.16. The fraction of sp³-hybridized carbons (Fsp3) is 0.538. The Morgan fingerprint density at radius 3 is 2.28 bits per heavy atom. The minimum Gasteiger partial charge on any atom is -0.387 e. The molecule has 0 bridgehead atoms. The monoisotopic (exact) mass is 261 g/mol. The van der Waals surface area contributed by atoms with Gasteiger partial charge in [-0.15, -0.1) is 0 Å². The summed E-state index contributed by atoms with van der Waals surface area (Å²) >= 11 is 0. The van der Waals surface area contributed by atoms with Crippen molar-refractivity contribution >= 4 is 0 Å². The van der Waals surface area contributed by atoms with Gasteiger partial charge in [0.1, 0.15) is 0 Å². The van der Waals surface area contributed by atoms with Crippen LogP contribution in [0.25, 0.3) is 0 Å². The number of aliphatic hydroxyl groups excluding tert-OH is 1. The van der Waals surface area contributed by atoms with Crippen molar-refractivity contribution in [1.29, 1.82) is 0 Å². The van der Waals surface area contributed by atoms with E-state index in [0.29, 0.717) is 5.56 Å². The van der Waals surface area contributed by atoms with Gasteiger partial charge in [-0.3, -0.25) is 0 Å². The van der Waals surface area contributed by atoms with E-state index in [1.165, 1.54) is 4.90 Å². The molecule has 2 atom stereocenters. The van der Waals surface area contributed by atoms with E-state index in [-0.39, 0.29) is 12.6 Å². The molecule has 1 aromatic rings. The molecule has 0 heterocycles. The van der Waals surface area contributed by atoms with Crippen LogP contribution in [0.5, 0.6) is 0 Å². The van der Waals surface area contributed by atoms with Crippen LogP contribution < -0.4 is 0 Å². The standard InChI is InChI=1S/C13H18F3NO/c1-10(17(2)9-8-13(14,15)16)12(18)11-6-4-3-5-7-11/h3-7,10,12,18H,8-9H2,1-2H3. The molecular weight excluding hydrogens is 243 g/mol. The number of hydrogen-bond donors (Lipinski definition) is 1.